The van der Waals surface area contributed by atoms with E-state index in [2.05, 4.69) is 32.0 Å². The number of nitrogens with one attached hydrogen (secondary N) is 1. The lowest BCUT2D eigenvalue weighted by Gasteiger charge is -2.38. The van der Waals surface area contributed by atoms with Crippen molar-refractivity contribution < 1.29 is 9.21 Å². The van der Waals surface area contributed by atoms with Crippen LogP contribution in [0.1, 0.15) is 40.2 Å². The quantitative estimate of drug-likeness (QED) is 0.564. The smallest absolute Gasteiger partial charge is 0.254 e. The van der Waals surface area contributed by atoms with Crippen LogP contribution in [0.15, 0.2) is 47.5 Å². The predicted molar refractivity (Wildman–Crippen MR) is 101 cm³/mol. The molecule has 2 aliphatic rings. The standard InChI is InChI=1S/C21H18N4O2/c26-21(12-3-4-16-17(6-12)23-10-22-16)25-5-1-2-14-15-9-20-18(24-11-27-20)7-13(15)8-19(14)25/h3-4,6-7,9-11,14,19H,1-2,5,8H2,(H,22,23). The van der Waals surface area contributed by atoms with Gasteiger partial charge in [-0.1, -0.05) is 0 Å². The number of oxazole rings is 1. The van der Waals surface area contributed by atoms with Crippen molar-refractivity contribution in [3.05, 3.63) is 59.7 Å². The molecule has 3 heterocycles. The Kier molecular flexibility index (Phi) is 3.01. The molecule has 0 saturated carbocycles. The highest BCUT2D eigenvalue weighted by molar-refractivity contribution is 5.97. The monoisotopic (exact) mass is 358 g/mol. The van der Waals surface area contributed by atoms with E-state index in [-0.39, 0.29) is 11.9 Å². The Bertz CT molecular complexity index is 1190. The molecule has 6 rings (SSSR count). The highest BCUT2D eigenvalue weighted by atomic mass is 16.3. The average Bonchev–Trinajstić information content (AvgIpc) is 3.42. The van der Waals surface area contributed by atoms with Crippen LogP contribution in [0.2, 0.25) is 0 Å². The summed E-state index contributed by atoms with van der Waals surface area (Å²) in [5, 5.41) is 0. The molecule has 2 unspecified atom stereocenters. The van der Waals surface area contributed by atoms with Crippen molar-refractivity contribution in [2.45, 2.75) is 31.2 Å². The number of piperidine rings is 1. The third-order valence-electron chi connectivity index (χ3n) is 6.13. The molecule has 1 saturated heterocycles. The molecule has 134 valence electrons. The van der Waals surface area contributed by atoms with Crippen LogP contribution in [-0.2, 0) is 6.42 Å². The number of likely N-dealkylation sites (tertiary alicyclic amines) is 1. The van der Waals surface area contributed by atoms with E-state index in [0.717, 1.165) is 53.5 Å². The number of carbonyl (C=O) groups excluding carboxylic acids is 1. The molecule has 2 aromatic heterocycles. The number of carbonyl (C=O) groups is 1. The molecular weight excluding hydrogens is 340 g/mol. The Balaban J connectivity index is 1.37. The lowest BCUT2D eigenvalue weighted by Crippen LogP contribution is -2.46. The van der Waals surface area contributed by atoms with Gasteiger partial charge in [0.15, 0.2) is 12.0 Å². The molecule has 0 radical (unpaired) electrons. The molecule has 0 bridgehead atoms. The molecule has 1 amide bonds. The van der Waals surface area contributed by atoms with Crippen molar-refractivity contribution in [2.24, 2.45) is 0 Å². The zero-order valence-electron chi connectivity index (χ0n) is 14.7. The van der Waals surface area contributed by atoms with Gasteiger partial charge in [0.25, 0.3) is 5.91 Å². The van der Waals surface area contributed by atoms with Gasteiger partial charge in [0.1, 0.15) is 5.52 Å². The van der Waals surface area contributed by atoms with Gasteiger partial charge in [0, 0.05) is 24.1 Å². The number of aromatic amines is 1. The van der Waals surface area contributed by atoms with Crippen molar-refractivity contribution in [1.29, 1.82) is 0 Å². The van der Waals surface area contributed by atoms with Gasteiger partial charge in [-0.2, -0.15) is 0 Å². The number of fused-ring (bicyclic) bond motifs is 5. The van der Waals surface area contributed by atoms with Crippen LogP contribution < -0.4 is 0 Å². The Morgan fingerprint density at radius 2 is 2.15 bits per heavy atom. The van der Waals surface area contributed by atoms with Crippen LogP contribution in [0.4, 0.5) is 0 Å². The number of hydrogen-bond acceptors (Lipinski definition) is 4. The largest absolute Gasteiger partial charge is 0.443 e. The van der Waals surface area contributed by atoms with E-state index in [1.54, 1.807) is 6.33 Å². The van der Waals surface area contributed by atoms with Gasteiger partial charge >= 0.3 is 0 Å². The lowest BCUT2D eigenvalue weighted by molar-refractivity contribution is 0.0595. The zero-order chi connectivity index (χ0) is 18.0. The van der Waals surface area contributed by atoms with E-state index >= 15 is 0 Å². The summed E-state index contributed by atoms with van der Waals surface area (Å²) in [5.74, 6) is 0.485. The number of nitrogens with zero attached hydrogens (tertiary/aromatic N) is 3. The van der Waals surface area contributed by atoms with Gasteiger partial charge in [-0.3, -0.25) is 4.79 Å². The second-order valence-corrected chi connectivity index (χ2v) is 7.52. The highest BCUT2D eigenvalue weighted by Crippen LogP contribution is 2.43. The van der Waals surface area contributed by atoms with Crippen LogP contribution in [0.5, 0.6) is 0 Å². The Hall–Kier alpha value is -3.15. The number of hydrogen-bond donors (Lipinski definition) is 1. The maximum absolute atomic E-state index is 13.3. The van der Waals surface area contributed by atoms with Gasteiger partial charge in [-0.15, -0.1) is 0 Å². The molecule has 2 atom stereocenters. The summed E-state index contributed by atoms with van der Waals surface area (Å²) in [7, 11) is 0. The third kappa shape index (κ3) is 2.16. The van der Waals surface area contributed by atoms with Gasteiger partial charge < -0.3 is 14.3 Å². The fraction of sp³-hybridized carbons (Fsp3) is 0.286. The number of aromatic nitrogens is 3. The molecular formula is C21H18N4O2. The third-order valence-corrected chi connectivity index (χ3v) is 6.13. The number of H-pyrrole nitrogens is 1. The van der Waals surface area contributed by atoms with Crippen LogP contribution in [-0.4, -0.2) is 38.3 Å². The number of benzene rings is 2. The summed E-state index contributed by atoms with van der Waals surface area (Å²) in [6.45, 7) is 0.809. The minimum Gasteiger partial charge on any atom is -0.443 e. The maximum Gasteiger partial charge on any atom is 0.254 e. The summed E-state index contributed by atoms with van der Waals surface area (Å²) >= 11 is 0. The molecule has 6 heteroatoms. The van der Waals surface area contributed by atoms with E-state index in [1.807, 2.05) is 18.2 Å². The SMILES string of the molecule is O=C(c1ccc2nc[nH]c2c1)N1CCCC2c3cc4ocnc4cc3CC21. The maximum atomic E-state index is 13.3. The second-order valence-electron chi connectivity index (χ2n) is 7.52. The normalized spacial score (nSPS) is 21.6. The van der Waals surface area contributed by atoms with Crippen LogP contribution in [0.25, 0.3) is 22.1 Å². The zero-order valence-corrected chi connectivity index (χ0v) is 14.7. The molecule has 6 nitrogen and oxygen atoms in total. The van der Waals surface area contributed by atoms with Crippen molar-refractivity contribution in [3.63, 3.8) is 0 Å². The van der Waals surface area contributed by atoms with E-state index in [9.17, 15) is 4.79 Å². The topological polar surface area (TPSA) is 75.0 Å². The van der Waals surface area contributed by atoms with E-state index in [4.69, 9.17) is 4.42 Å². The number of rotatable bonds is 1. The lowest BCUT2D eigenvalue weighted by atomic mass is 9.88. The molecule has 1 fully saturated rings. The van der Waals surface area contributed by atoms with E-state index in [0.29, 0.717) is 5.92 Å². The number of imidazole rings is 1. The van der Waals surface area contributed by atoms with Crippen molar-refractivity contribution in [3.8, 4) is 0 Å². The molecule has 4 aromatic rings. The summed E-state index contributed by atoms with van der Waals surface area (Å²) in [6.07, 6.45) is 6.18. The first kappa shape index (κ1) is 15.0. The minimum absolute atomic E-state index is 0.107. The van der Waals surface area contributed by atoms with Crippen LogP contribution in [0.3, 0.4) is 0 Å². The Morgan fingerprint density at radius 3 is 3.11 bits per heavy atom. The van der Waals surface area contributed by atoms with Gasteiger partial charge in [0.05, 0.1) is 17.4 Å². The first-order valence-corrected chi connectivity index (χ1v) is 9.38. The minimum atomic E-state index is 0.107. The Labute approximate surface area is 155 Å². The van der Waals surface area contributed by atoms with Gasteiger partial charge in [-0.05, 0) is 60.7 Å². The molecule has 27 heavy (non-hydrogen) atoms. The van der Waals surface area contributed by atoms with E-state index < -0.39 is 0 Å². The second kappa shape index (κ2) is 5.42. The molecule has 0 spiro atoms. The fourth-order valence-corrected chi connectivity index (χ4v) is 4.87. The van der Waals surface area contributed by atoms with Crippen LogP contribution in [0, 0.1) is 0 Å². The Morgan fingerprint density at radius 1 is 1.19 bits per heavy atom. The van der Waals surface area contributed by atoms with Crippen molar-refractivity contribution >= 4 is 28.0 Å². The summed E-state index contributed by atoms with van der Waals surface area (Å²) in [5.41, 5.74) is 6.86. The highest BCUT2D eigenvalue weighted by Gasteiger charge is 2.41. The van der Waals surface area contributed by atoms with E-state index in [1.165, 1.54) is 17.5 Å². The summed E-state index contributed by atoms with van der Waals surface area (Å²) < 4.78 is 5.50. The molecule has 1 N–H and O–H groups in total. The predicted octanol–water partition coefficient (Wildman–Crippen LogP) is 3.65. The van der Waals surface area contributed by atoms with Crippen molar-refractivity contribution in [2.75, 3.05) is 6.54 Å². The molecule has 1 aliphatic heterocycles. The first-order chi connectivity index (χ1) is 13.3. The van der Waals surface area contributed by atoms with Crippen LogP contribution >= 0.6 is 0 Å². The summed E-state index contributed by atoms with van der Waals surface area (Å²) in [4.78, 5) is 27.0. The fourth-order valence-electron chi connectivity index (χ4n) is 4.87. The van der Waals surface area contributed by atoms with Gasteiger partial charge in [0.2, 0.25) is 0 Å². The van der Waals surface area contributed by atoms with Gasteiger partial charge in [-0.25, -0.2) is 9.97 Å². The van der Waals surface area contributed by atoms with Crippen molar-refractivity contribution in [1.82, 2.24) is 19.9 Å². The molecule has 1 aliphatic carbocycles. The molecule has 2 aromatic carbocycles. The summed E-state index contributed by atoms with van der Waals surface area (Å²) in [6, 6.07) is 10.2. The first-order valence-electron chi connectivity index (χ1n) is 9.38. The average molecular weight is 358 g/mol. The number of amides is 1.